The minimum atomic E-state index is -0.0533. The summed E-state index contributed by atoms with van der Waals surface area (Å²) in [4.78, 5) is 11.6. The van der Waals surface area contributed by atoms with Crippen molar-refractivity contribution in [1.82, 2.24) is 5.32 Å². The maximum Gasteiger partial charge on any atom is 0.244 e. The van der Waals surface area contributed by atoms with Crippen molar-refractivity contribution in [1.29, 1.82) is 0 Å². The third kappa shape index (κ3) is 6.09. The molecule has 0 saturated heterocycles. The number of hydrogen-bond acceptors (Lipinski definition) is 2. The molecule has 0 spiro atoms. The first-order valence-electron chi connectivity index (χ1n) is 6.87. The summed E-state index contributed by atoms with van der Waals surface area (Å²) in [5, 5.41) is 2.88. The summed E-state index contributed by atoms with van der Waals surface area (Å²) in [7, 11) is 1.63. The Balaban J connectivity index is 2.37. The SMILES string of the molecule is CCCCCCNC(=O)/C=C/c1ccccc1OC. The van der Waals surface area contributed by atoms with E-state index in [9.17, 15) is 4.79 Å². The number of para-hydroxylation sites is 1. The van der Waals surface area contributed by atoms with Crippen molar-refractivity contribution in [3.8, 4) is 5.75 Å². The highest BCUT2D eigenvalue weighted by Gasteiger charge is 1.99. The Bertz CT molecular complexity index is 413. The molecule has 1 aromatic carbocycles. The number of methoxy groups -OCH3 is 1. The van der Waals surface area contributed by atoms with Gasteiger partial charge in [0.25, 0.3) is 0 Å². The average Bonchev–Trinajstić information content (AvgIpc) is 2.45. The van der Waals surface area contributed by atoms with Gasteiger partial charge in [0.05, 0.1) is 7.11 Å². The molecule has 1 N–H and O–H groups in total. The largest absolute Gasteiger partial charge is 0.496 e. The highest BCUT2D eigenvalue weighted by atomic mass is 16.5. The molecule has 3 heteroatoms. The van der Waals surface area contributed by atoms with Gasteiger partial charge in [0.2, 0.25) is 5.91 Å². The molecule has 0 aliphatic carbocycles. The number of rotatable bonds is 8. The molecule has 0 saturated carbocycles. The molecular weight excluding hydrogens is 238 g/mol. The second-order valence-electron chi connectivity index (χ2n) is 4.43. The van der Waals surface area contributed by atoms with Gasteiger partial charge in [0, 0.05) is 18.2 Å². The van der Waals surface area contributed by atoms with Gasteiger partial charge < -0.3 is 10.1 Å². The van der Waals surface area contributed by atoms with Crippen LogP contribution in [0, 0.1) is 0 Å². The number of ether oxygens (including phenoxy) is 1. The van der Waals surface area contributed by atoms with Crippen molar-refractivity contribution in [2.24, 2.45) is 0 Å². The number of amides is 1. The van der Waals surface area contributed by atoms with Crippen LogP contribution in [0.2, 0.25) is 0 Å². The van der Waals surface area contributed by atoms with E-state index in [1.807, 2.05) is 24.3 Å². The quantitative estimate of drug-likeness (QED) is 0.575. The summed E-state index contributed by atoms with van der Waals surface area (Å²) in [6, 6.07) is 7.63. The fraction of sp³-hybridized carbons (Fsp3) is 0.438. The Kier molecular flexibility index (Phi) is 7.40. The Hall–Kier alpha value is -1.77. The third-order valence-corrected chi connectivity index (χ3v) is 2.88. The molecular formula is C16H23NO2. The van der Waals surface area contributed by atoms with Crippen LogP contribution in [0.4, 0.5) is 0 Å². The Morgan fingerprint density at radius 2 is 2.05 bits per heavy atom. The molecule has 0 aromatic heterocycles. The van der Waals surface area contributed by atoms with Crippen LogP contribution in [0.1, 0.15) is 38.2 Å². The van der Waals surface area contributed by atoms with Crippen LogP contribution in [0.25, 0.3) is 6.08 Å². The Labute approximate surface area is 115 Å². The van der Waals surface area contributed by atoms with Gasteiger partial charge in [-0.25, -0.2) is 0 Å². The molecule has 0 radical (unpaired) electrons. The lowest BCUT2D eigenvalue weighted by atomic mass is 10.2. The molecule has 0 atom stereocenters. The second kappa shape index (κ2) is 9.20. The van der Waals surface area contributed by atoms with Crippen LogP contribution in [0.3, 0.4) is 0 Å². The molecule has 0 aliphatic rings. The van der Waals surface area contributed by atoms with Crippen molar-refractivity contribution in [2.75, 3.05) is 13.7 Å². The van der Waals surface area contributed by atoms with Crippen LogP contribution in [-0.4, -0.2) is 19.6 Å². The van der Waals surface area contributed by atoms with Gasteiger partial charge in [-0.05, 0) is 18.6 Å². The fourth-order valence-electron chi connectivity index (χ4n) is 1.79. The lowest BCUT2D eigenvalue weighted by Gasteiger charge is -2.04. The Morgan fingerprint density at radius 1 is 1.26 bits per heavy atom. The zero-order valence-corrected chi connectivity index (χ0v) is 11.8. The van der Waals surface area contributed by atoms with E-state index in [4.69, 9.17) is 4.74 Å². The molecule has 0 heterocycles. The topological polar surface area (TPSA) is 38.3 Å². The average molecular weight is 261 g/mol. The van der Waals surface area contributed by atoms with E-state index < -0.39 is 0 Å². The first kappa shape index (κ1) is 15.3. The van der Waals surface area contributed by atoms with Gasteiger partial charge in [-0.2, -0.15) is 0 Å². The van der Waals surface area contributed by atoms with Crippen LogP contribution < -0.4 is 10.1 Å². The highest BCUT2D eigenvalue weighted by Crippen LogP contribution is 2.18. The van der Waals surface area contributed by atoms with E-state index >= 15 is 0 Å². The van der Waals surface area contributed by atoms with Gasteiger partial charge in [-0.1, -0.05) is 44.4 Å². The molecule has 0 bridgehead atoms. The van der Waals surface area contributed by atoms with Gasteiger partial charge in [0.1, 0.15) is 5.75 Å². The smallest absolute Gasteiger partial charge is 0.244 e. The lowest BCUT2D eigenvalue weighted by molar-refractivity contribution is -0.116. The maximum atomic E-state index is 11.6. The van der Waals surface area contributed by atoms with E-state index in [-0.39, 0.29) is 5.91 Å². The summed E-state index contributed by atoms with van der Waals surface area (Å²) in [5.74, 6) is 0.719. The predicted molar refractivity (Wildman–Crippen MR) is 79.2 cm³/mol. The van der Waals surface area contributed by atoms with Crippen molar-refractivity contribution >= 4 is 12.0 Å². The minimum absolute atomic E-state index is 0.0533. The van der Waals surface area contributed by atoms with Crippen LogP contribution in [0.15, 0.2) is 30.3 Å². The van der Waals surface area contributed by atoms with E-state index in [1.165, 1.54) is 19.3 Å². The molecule has 0 fully saturated rings. The third-order valence-electron chi connectivity index (χ3n) is 2.88. The molecule has 1 aromatic rings. The fourth-order valence-corrected chi connectivity index (χ4v) is 1.79. The summed E-state index contributed by atoms with van der Waals surface area (Å²) in [6.07, 6.45) is 7.99. The summed E-state index contributed by atoms with van der Waals surface area (Å²) < 4.78 is 5.22. The summed E-state index contributed by atoms with van der Waals surface area (Å²) >= 11 is 0. The van der Waals surface area contributed by atoms with Gasteiger partial charge >= 0.3 is 0 Å². The van der Waals surface area contributed by atoms with Crippen LogP contribution in [0.5, 0.6) is 5.75 Å². The van der Waals surface area contributed by atoms with Crippen molar-refractivity contribution in [3.05, 3.63) is 35.9 Å². The zero-order valence-electron chi connectivity index (χ0n) is 11.8. The molecule has 104 valence electrons. The molecule has 0 unspecified atom stereocenters. The monoisotopic (exact) mass is 261 g/mol. The molecule has 3 nitrogen and oxygen atoms in total. The van der Waals surface area contributed by atoms with Gasteiger partial charge in [0.15, 0.2) is 0 Å². The maximum absolute atomic E-state index is 11.6. The standard InChI is InChI=1S/C16H23NO2/c1-3-4-5-8-13-17-16(18)12-11-14-9-6-7-10-15(14)19-2/h6-7,9-12H,3-5,8,13H2,1-2H3,(H,17,18)/b12-11+. The number of nitrogens with one attached hydrogen (secondary N) is 1. The zero-order chi connectivity index (χ0) is 13.9. The number of hydrogen-bond donors (Lipinski definition) is 1. The number of unbranched alkanes of at least 4 members (excludes halogenated alkanes) is 3. The number of benzene rings is 1. The van der Waals surface area contributed by atoms with E-state index in [1.54, 1.807) is 19.3 Å². The van der Waals surface area contributed by atoms with Gasteiger partial charge in [-0.15, -0.1) is 0 Å². The lowest BCUT2D eigenvalue weighted by Crippen LogP contribution is -2.21. The number of carbonyl (C=O) groups is 1. The Morgan fingerprint density at radius 3 is 2.79 bits per heavy atom. The molecule has 1 amide bonds. The number of carbonyl (C=O) groups excluding carboxylic acids is 1. The molecule has 0 aliphatic heterocycles. The minimum Gasteiger partial charge on any atom is -0.496 e. The van der Waals surface area contributed by atoms with Crippen LogP contribution in [-0.2, 0) is 4.79 Å². The first-order valence-corrected chi connectivity index (χ1v) is 6.87. The highest BCUT2D eigenvalue weighted by molar-refractivity contribution is 5.92. The molecule has 1 rings (SSSR count). The van der Waals surface area contributed by atoms with Gasteiger partial charge in [-0.3, -0.25) is 4.79 Å². The summed E-state index contributed by atoms with van der Waals surface area (Å²) in [5.41, 5.74) is 0.908. The van der Waals surface area contributed by atoms with Crippen molar-refractivity contribution in [2.45, 2.75) is 32.6 Å². The summed E-state index contributed by atoms with van der Waals surface area (Å²) in [6.45, 7) is 2.92. The first-order chi connectivity index (χ1) is 9.27. The van der Waals surface area contributed by atoms with Crippen LogP contribution >= 0.6 is 0 Å². The van der Waals surface area contributed by atoms with Crippen molar-refractivity contribution in [3.63, 3.8) is 0 Å². The van der Waals surface area contributed by atoms with Crippen molar-refractivity contribution < 1.29 is 9.53 Å². The second-order valence-corrected chi connectivity index (χ2v) is 4.43. The normalized spacial score (nSPS) is 10.6. The van der Waals surface area contributed by atoms with E-state index in [0.717, 1.165) is 24.3 Å². The predicted octanol–water partition coefficient (Wildman–Crippen LogP) is 3.40. The van der Waals surface area contributed by atoms with E-state index in [2.05, 4.69) is 12.2 Å². The van der Waals surface area contributed by atoms with E-state index in [0.29, 0.717) is 0 Å². The molecule has 19 heavy (non-hydrogen) atoms.